The predicted molar refractivity (Wildman–Crippen MR) is 86.0 cm³/mol. The Hall–Kier alpha value is -2.22. The molecule has 0 bridgehead atoms. The van der Waals surface area contributed by atoms with Crippen LogP contribution in [0.2, 0.25) is 0 Å². The molecule has 6 nitrogen and oxygen atoms in total. The largest absolute Gasteiger partial charge is 0.348 e. The molecule has 2 aromatic rings. The Kier molecular flexibility index (Phi) is 5.49. The molecule has 1 N–H and O–H groups in total. The van der Waals surface area contributed by atoms with Crippen molar-refractivity contribution in [1.29, 1.82) is 0 Å². The standard InChI is InChI=1S/C16H18N2O4S/c1-18(22-2)23(20,21)15-10-8-14(9-11-15)16(19)17-12-13-6-4-3-5-7-13/h3-11H,12H2,1-2H3,(H,17,19). The minimum absolute atomic E-state index is 0.0569. The molecule has 0 aliphatic carbocycles. The molecule has 7 heteroatoms. The Morgan fingerprint density at radius 1 is 1.09 bits per heavy atom. The van der Waals surface area contributed by atoms with E-state index in [1.807, 2.05) is 30.3 Å². The molecule has 1 amide bonds. The highest BCUT2D eigenvalue weighted by atomic mass is 32.2. The van der Waals surface area contributed by atoms with E-state index in [0.717, 1.165) is 10.0 Å². The van der Waals surface area contributed by atoms with Gasteiger partial charge in [-0.15, -0.1) is 0 Å². The van der Waals surface area contributed by atoms with Gasteiger partial charge in [0.15, 0.2) is 0 Å². The Balaban J connectivity index is 2.06. The number of rotatable bonds is 6. The molecule has 0 spiro atoms. The molecule has 122 valence electrons. The summed E-state index contributed by atoms with van der Waals surface area (Å²) < 4.78 is 24.9. The maximum absolute atomic E-state index is 12.1. The molecule has 0 radical (unpaired) electrons. The summed E-state index contributed by atoms with van der Waals surface area (Å²) in [7, 11) is -1.14. The highest BCUT2D eigenvalue weighted by Gasteiger charge is 2.20. The van der Waals surface area contributed by atoms with Crippen LogP contribution in [-0.4, -0.2) is 33.0 Å². The highest BCUT2D eigenvalue weighted by Crippen LogP contribution is 2.15. The van der Waals surface area contributed by atoms with Gasteiger partial charge in [-0.05, 0) is 29.8 Å². The molecule has 2 rings (SSSR count). The van der Waals surface area contributed by atoms with Gasteiger partial charge in [-0.3, -0.25) is 9.63 Å². The van der Waals surface area contributed by atoms with Gasteiger partial charge in [0, 0.05) is 19.2 Å². The smallest absolute Gasteiger partial charge is 0.264 e. The second-order valence-electron chi connectivity index (χ2n) is 4.79. The highest BCUT2D eigenvalue weighted by molar-refractivity contribution is 7.89. The summed E-state index contributed by atoms with van der Waals surface area (Å²) in [5, 5.41) is 2.78. The zero-order chi connectivity index (χ0) is 16.9. The fourth-order valence-electron chi connectivity index (χ4n) is 1.91. The molecule has 0 aliphatic rings. The van der Waals surface area contributed by atoms with Crippen molar-refractivity contribution in [2.24, 2.45) is 0 Å². The first-order valence-corrected chi connectivity index (χ1v) is 8.34. The predicted octanol–water partition coefficient (Wildman–Crippen LogP) is 1.80. The molecule has 0 atom stereocenters. The van der Waals surface area contributed by atoms with Crippen LogP contribution in [0.3, 0.4) is 0 Å². The van der Waals surface area contributed by atoms with Crippen LogP contribution in [-0.2, 0) is 21.4 Å². The second kappa shape index (κ2) is 7.36. The van der Waals surface area contributed by atoms with Gasteiger partial charge in [0.25, 0.3) is 15.9 Å². The minimum Gasteiger partial charge on any atom is -0.348 e. The summed E-state index contributed by atoms with van der Waals surface area (Å²) in [6, 6.07) is 15.2. The Labute approximate surface area is 135 Å². The fourth-order valence-corrected chi connectivity index (χ4v) is 2.88. The number of hydroxylamine groups is 1. The van der Waals surface area contributed by atoms with Crippen LogP contribution in [0.5, 0.6) is 0 Å². The van der Waals surface area contributed by atoms with Crippen LogP contribution in [0.1, 0.15) is 15.9 Å². The lowest BCUT2D eigenvalue weighted by molar-refractivity contribution is -0.0258. The number of carbonyl (C=O) groups is 1. The zero-order valence-corrected chi connectivity index (χ0v) is 13.7. The average Bonchev–Trinajstić information content (AvgIpc) is 2.59. The topological polar surface area (TPSA) is 75.7 Å². The number of hydrogen-bond acceptors (Lipinski definition) is 4. The molecule has 0 unspecified atom stereocenters. The van der Waals surface area contributed by atoms with Gasteiger partial charge >= 0.3 is 0 Å². The monoisotopic (exact) mass is 334 g/mol. The van der Waals surface area contributed by atoms with Crippen LogP contribution in [0.4, 0.5) is 0 Å². The van der Waals surface area contributed by atoms with Crippen molar-refractivity contribution in [3.8, 4) is 0 Å². The molecule has 0 aromatic heterocycles. The van der Waals surface area contributed by atoms with Crippen molar-refractivity contribution in [3.05, 3.63) is 65.7 Å². The van der Waals surface area contributed by atoms with Crippen molar-refractivity contribution in [2.75, 3.05) is 14.2 Å². The molecule has 23 heavy (non-hydrogen) atoms. The van der Waals surface area contributed by atoms with Crippen molar-refractivity contribution >= 4 is 15.9 Å². The van der Waals surface area contributed by atoms with Gasteiger partial charge in [-0.25, -0.2) is 8.42 Å². The van der Waals surface area contributed by atoms with Crippen molar-refractivity contribution in [1.82, 2.24) is 9.79 Å². The van der Waals surface area contributed by atoms with Gasteiger partial charge in [0.2, 0.25) is 0 Å². The number of hydrogen-bond donors (Lipinski definition) is 1. The first-order chi connectivity index (χ1) is 10.9. The third kappa shape index (κ3) is 4.16. The van der Waals surface area contributed by atoms with E-state index < -0.39 is 10.0 Å². The van der Waals surface area contributed by atoms with Gasteiger partial charge in [0.1, 0.15) is 0 Å². The average molecular weight is 334 g/mol. The van der Waals surface area contributed by atoms with Crippen molar-refractivity contribution in [2.45, 2.75) is 11.4 Å². The number of nitrogens with one attached hydrogen (secondary N) is 1. The summed E-state index contributed by atoms with van der Waals surface area (Å²) in [5.74, 6) is -0.266. The first-order valence-electron chi connectivity index (χ1n) is 6.90. The maximum atomic E-state index is 12.1. The van der Waals surface area contributed by atoms with E-state index in [0.29, 0.717) is 12.1 Å². The summed E-state index contributed by atoms with van der Waals surface area (Å²) >= 11 is 0. The third-order valence-electron chi connectivity index (χ3n) is 3.31. The minimum atomic E-state index is -3.71. The van der Waals surface area contributed by atoms with Gasteiger partial charge < -0.3 is 5.32 Å². The van der Waals surface area contributed by atoms with E-state index in [9.17, 15) is 13.2 Å². The fraction of sp³-hybridized carbons (Fsp3) is 0.188. The molecule has 0 saturated carbocycles. The number of amides is 1. The lowest BCUT2D eigenvalue weighted by Gasteiger charge is -2.14. The van der Waals surface area contributed by atoms with Crippen LogP contribution in [0.25, 0.3) is 0 Å². The third-order valence-corrected chi connectivity index (χ3v) is 5.00. The number of benzene rings is 2. The van der Waals surface area contributed by atoms with E-state index >= 15 is 0 Å². The van der Waals surface area contributed by atoms with Crippen molar-refractivity contribution in [3.63, 3.8) is 0 Å². The molecule has 0 fully saturated rings. The summed E-state index contributed by atoms with van der Waals surface area (Å²) in [4.78, 5) is 16.8. The van der Waals surface area contributed by atoms with Gasteiger partial charge in [0.05, 0.1) is 12.0 Å². The van der Waals surface area contributed by atoms with Gasteiger partial charge in [-0.2, -0.15) is 0 Å². The SMILES string of the molecule is CON(C)S(=O)(=O)c1ccc(C(=O)NCc2ccccc2)cc1. The maximum Gasteiger partial charge on any atom is 0.264 e. The van der Waals surface area contributed by atoms with E-state index in [1.165, 1.54) is 38.4 Å². The number of sulfonamides is 1. The van der Waals surface area contributed by atoms with E-state index in [4.69, 9.17) is 4.84 Å². The molecular weight excluding hydrogens is 316 g/mol. The van der Waals surface area contributed by atoms with E-state index in [1.54, 1.807) is 0 Å². The lowest BCUT2D eigenvalue weighted by atomic mass is 10.2. The second-order valence-corrected chi connectivity index (χ2v) is 6.73. The zero-order valence-electron chi connectivity index (χ0n) is 12.9. The molecule has 2 aromatic carbocycles. The van der Waals surface area contributed by atoms with Crippen LogP contribution >= 0.6 is 0 Å². The van der Waals surface area contributed by atoms with Gasteiger partial charge in [-0.1, -0.05) is 34.8 Å². The Bertz CT molecular complexity index is 758. The Morgan fingerprint density at radius 3 is 2.26 bits per heavy atom. The van der Waals surface area contributed by atoms with Crippen LogP contribution in [0.15, 0.2) is 59.5 Å². The number of carbonyl (C=O) groups excluding carboxylic acids is 1. The quantitative estimate of drug-likeness (QED) is 0.817. The molecule has 0 heterocycles. The number of nitrogens with zero attached hydrogens (tertiary/aromatic N) is 1. The summed E-state index contributed by atoms with van der Waals surface area (Å²) in [5.41, 5.74) is 1.38. The van der Waals surface area contributed by atoms with E-state index in [-0.39, 0.29) is 10.8 Å². The van der Waals surface area contributed by atoms with Crippen LogP contribution in [0, 0.1) is 0 Å². The van der Waals surface area contributed by atoms with Crippen LogP contribution < -0.4 is 5.32 Å². The molecule has 0 saturated heterocycles. The van der Waals surface area contributed by atoms with Crippen molar-refractivity contribution < 1.29 is 18.0 Å². The van der Waals surface area contributed by atoms with E-state index in [2.05, 4.69) is 5.32 Å². The first kappa shape index (κ1) is 17.1. The Morgan fingerprint density at radius 2 is 1.70 bits per heavy atom. The normalized spacial score (nSPS) is 11.4. The summed E-state index contributed by atoms with van der Waals surface area (Å²) in [6.45, 7) is 0.409. The lowest BCUT2D eigenvalue weighted by Crippen LogP contribution is -2.26. The summed E-state index contributed by atoms with van der Waals surface area (Å²) in [6.07, 6.45) is 0. The molecular formula is C16H18N2O4S. The molecule has 0 aliphatic heterocycles.